The van der Waals surface area contributed by atoms with Crippen LogP contribution >= 0.6 is 0 Å². The molecule has 2 aliphatic carbocycles. The van der Waals surface area contributed by atoms with Gasteiger partial charge in [-0.25, -0.2) is 0 Å². The second-order valence-electron chi connectivity index (χ2n) is 5.51. The summed E-state index contributed by atoms with van der Waals surface area (Å²) in [7, 11) is 0. The van der Waals surface area contributed by atoms with Gasteiger partial charge < -0.3 is 0 Å². The van der Waals surface area contributed by atoms with Crippen LogP contribution in [0, 0.1) is 5.41 Å². The average molecular weight is 202 g/mol. The zero-order valence-corrected chi connectivity index (χ0v) is 10.3. The summed E-state index contributed by atoms with van der Waals surface area (Å²) in [6.45, 7) is 6.97. The van der Waals surface area contributed by atoms with E-state index in [1.54, 1.807) is 11.1 Å². The Kier molecular flexibility index (Phi) is 2.86. The minimum atomic E-state index is 0.454. The van der Waals surface area contributed by atoms with E-state index in [2.05, 4.69) is 39.0 Å². The van der Waals surface area contributed by atoms with E-state index in [1.807, 2.05) is 0 Å². The Hall–Kier alpha value is -0.780. The Labute approximate surface area is 93.8 Å². The summed E-state index contributed by atoms with van der Waals surface area (Å²) in [6.07, 6.45) is 13.5. The fourth-order valence-corrected chi connectivity index (χ4v) is 2.92. The van der Waals surface area contributed by atoms with E-state index in [1.165, 1.54) is 37.7 Å². The second kappa shape index (κ2) is 4.00. The molecule has 0 aromatic rings. The first-order valence-corrected chi connectivity index (χ1v) is 6.11. The summed E-state index contributed by atoms with van der Waals surface area (Å²) >= 11 is 0. The third kappa shape index (κ3) is 2.25. The summed E-state index contributed by atoms with van der Waals surface area (Å²) in [5.41, 5.74) is 5.25. The van der Waals surface area contributed by atoms with E-state index in [0.717, 1.165) is 0 Å². The summed E-state index contributed by atoms with van der Waals surface area (Å²) in [4.78, 5) is 0. The van der Waals surface area contributed by atoms with Gasteiger partial charge in [-0.2, -0.15) is 0 Å². The second-order valence-corrected chi connectivity index (χ2v) is 5.51. The van der Waals surface area contributed by atoms with Crippen LogP contribution in [0.15, 0.2) is 34.9 Å². The van der Waals surface area contributed by atoms with Gasteiger partial charge in [-0.15, -0.1) is 0 Å². The summed E-state index contributed by atoms with van der Waals surface area (Å²) in [5.74, 6) is 0. The lowest BCUT2D eigenvalue weighted by molar-refractivity contribution is 0.341. The molecule has 1 atom stereocenters. The highest BCUT2D eigenvalue weighted by Crippen LogP contribution is 2.44. The van der Waals surface area contributed by atoms with Gasteiger partial charge in [0.15, 0.2) is 0 Å². The third-order valence-electron chi connectivity index (χ3n) is 3.97. The molecular formula is C15H22. The van der Waals surface area contributed by atoms with Gasteiger partial charge in [-0.05, 0) is 51.4 Å². The van der Waals surface area contributed by atoms with Gasteiger partial charge in [0.1, 0.15) is 0 Å². The molecule has 0 aromatic carbocycles. The van der Waals surface area contributed by atoms with Crippen LogP contribution in [0.1, 0.15) is 52.9 Å². The molecule has 15 heavy (non-hydrogen) atoms. The minimum Gasteiger partial charge on any atom is -0.0855 e. The van der Waals surface area contributed by atoms with Crippen molar-refractivity contribution in [3.8, 4) is 0 Å². The summed E-state index contributed by atoms with van der Waals surface area (Å²) in [5, 5.41) is 0. The van der Waals surface area contributed by atoms with Crippen molar-refractivity contribution in [1.29, 1.82) is 0 Å². The lowest BCUT2D eigenvalue weighted by Crippen LogP contribution is -2.23. The van der Waals surface area contributed by atoms with Gasteiger partial charge in [0, 0.05) is 0 Å². The van der Waals surface area contributed by atoms with E-state index < -0.39 is 0 Å². The van der Waals surface area contributed by atoms with Crippen molar-refractivity contribution in [2.24, 2.45) is 5.41 Å². The highest BCUT2D eigenvalue weighted by atomic mass is 14.3. The molecule has 0 aliphatic heterocycles. The highest BCUT2D eigenvalue weighted by Gasteiger charge is 2.30. The smallest absolute Gasteiger partial charge is 0.00732 e. The maximum absolute atomic E-state index is 2.48. The van der Waals surface area contributed by atoms with Gasteiger partial charge in [-0.1, -0.05) is 41.9 Å². The lowest BCUT2D eigenvalue weighted by atomic mass is 9.68. The molecular weight excluding hydrogens is 180 g/mol. The fraction of sp³-hybridized carbons (Fsp3) is 0.600. The van der Waals surface area contributed by atoms with Crippen molar-refractivity contribution in [3.05, 3.63) is 34.9 Å². The van der Waals surface area contributed by atoms with Crippen molar-refractivity contribution in [2.45, 2.75) is 52.9 Å². The Morgan fingerprint density at radius 2 is 1.80 bits per heavy atom. The molecule has 0 amide bonds. The molecule has 2 rings (SSSR count). The number of rotatable bonds is 1. The standard InChI is InChI=1S/C15H22/c1-12-6-8-14(9-7-12)15(3)10-4-5-13(2)11-15/h5-6,9H,4,7-8,10-11H2,1-3H3/t15-/m1/s1. The minimum absolute atomic E-state index is 0.454. The van der Waals surface area contributed by atoms with E-state index in [-0.39, 0.29) is 0 Å². The number of allylic oxidation sites excluding steroid dienone is 6. The third-order valence-corrected chi connectivity index (χ3v) is 3.97. The molecule has 0 N–H and O–H groups in total. The molecule has 0 heterocycles. The van der Waals surface area contributed by atoms with Crippen LogP contribution in [0.3, 0.4) is 0 Å². The topological polar surface area (TPSA) is 0 Å². The predicted octanol–water partition coefficient (Wildman–Crippen LogP) is 4.79. The van der Waals surface area contributed by atoms with Crippen molar-refractivity contribution in [2.75, 3.05) is 0 Å². The maximum atomic E-state index is 2.48. The van der Waals surface area contributed by atoms with Crippen LogP contribution in [-0.2, 0) is 0 Å². The molecule has 0 unspecified atom stereocenters. The molecule has 0 saturated heterocycles. The molecule has 0 fully saturated rings. The monoisotopic (exact) mass is 202 g/mol. The molecule has 0 aromatic heterocycles. The van der Waals surface area contributed by atoms with Gasteiger partial charge in [-0.3, -0.25) is 0 Å². The Balaban J connectivity index is 2.14. The van der Waals surface area contributed by atoms with Crippen molar-refractivity contribution >= 4 is 0 Å². The van der Waals surface area contributed by atoms with Crippen LogP contribution in [0.25, 0.3) is 0 Å². The Bertz CT molecular complexity index is 341. The maximum Gasteiger partial charge on any atom is -0.00732 e. The SMILES string of the molecule is CC1=CCC([C@]2(C)CCC=C(C)C2)=CC1. The van der Waals surface area contributed by atoms with Crippen molar-refractivity contribution < 1.29 is 0 Å². The molecule has 0 bridgehead atoms. The average Bonchev–Trinajstić information content (AvgIpc) is 2.18. The molecule has 0 heteroatoms. The largest absolute Gasteiger partial charge is 0.0855 e. The summed E-state index contributed by atoms with van der Waals surface area (Å²) in [6, 6.07) is 0. The van der Waals surface area contributed by atoms with E-state index >= 15 is 0 Å². The Morgan fingerprint density at radius 1 is 1.00 bits per heavy atom. The van der Waals surface area contributed by atoms with E-state index in [4.69, 9.17) is 0 Å². The normalized spacial score (nSPS) is 31.8. The molecule has 0 nitrogen and oxygen atoms in total. The Morgan fingerprint density at radius 3 is 2.40 bits per heavy atom. The van der Waals surface area contributed by atoms with Crippen LogP contribution in [-0.4, -0.2) is 0 Å². The van der Waals surface area contributed by atoms with Crippen LogP contribution in [0.5, 0.6) is 0 Å². The lowest BCUT2D eigenvalue weighted by Gasteiger charge is -2.36. The van der Waals surface area contributed by atoms with Crippen molar-refractivity contribution in [3.63, 3.8) is 0 Å². The quantitative estimate of drug-likeness (QED) is 0.536. The number of hydrogen-bond donors (Lipinski definition) is 0. The first-order chi connectivity index (χ1) is 7.10. The summed E-state index contributed by atoms with van der Waals surface area (Å²) < 4.78 is 0. The molecule has 0 radical (unpaired) electrons. The fourth-order valence-electron chi connectivity index (χ4n) is 2.92. The zero-order chi connectivity index (χ0) is 10.9. The highest BCUT2D eigenvalue weighted by molar-refractivity contribution is 5.28. The van der Waals surface area contributed by atoms with Crippen LogP contribution < -0.4 is 0 Å². The predicted molar refractivity (Wildman–Crippen MR) is 66.8 cm³/mol. The van der Waals surface area contributed by atoms with Gasteiger partial charge >= 0.3 is 0 Å². The van der Waals surface area contributed by atoms with Crippen molar-refractivity contribution in [1.82, 2.24) is 0 Å². The van der Waals surface area contributed by atoms with Gasteiger partial charge in [0.2, 0.25) is 0 Å². The first-order valence-electron chi connectivity index (χ1n) is 6.11. The molecule has 0 spiro atoms. The van der Waals surface area contributed by atoms with Gasteiger partial charge in [0.25, 0.3) is 0 Å². The molecule has 0 saturated carbocycles. The first kappa shape index (κ1) is 10.7. The van der Waals surface area contributed by atoms with Gasteiger partial charge in [0.05, 0.1) is 0 Å². The van der Waals surface area contributed by atoms with Crippen LogP contribution in [0.4, 0.5) is 0 Å². The van der Waals surface area contributed by atoms with E-state index in [9.17, 15) is 0 Å². The zero-order valence-electron chi connectivity index (χ0n) is 10.3. The van der Waals surface area contributed by atoms with Crippen LogP contribution in [0.2, 0.25) is 0 Å². The number of hydrogen-bond acceptors (Lipinski definition) is 0. The molecule has 82 valence electrons. The van der Waals surface area contributed by atoms with E-state index in [0.29, 0.717) is 5.41 Å². The molecule has 2 aliphatic rings.